The highest BCUT2D eigenvalue weighted by Crippen LogP contribution is 2.36. The predicted molar refractivity (Wildman–Crippen MR) is 129 cm³/mol. The van der Waals surface area contributed by atoms with Gasteiger partial charge in [0.05, 0.1) is 5.52 Å². The molecule has 8 heteroatoms. The number of hydrogen-bond acceptors (Lipinski definition) is 5. The summed E-state index contributed by atoms with van der Waals surface area (Å²) in [7, 11) is 4.88. The van der Waals surface area contributed by atoms with E-state index >= 15 is 4.39 Å². The molecular weight excluding hydrogens is 514 g/mol. The third kappa shape index (κ3) is 4.68. The number of likely N-dealkylation sites (tertiary alicyclic amines) is 1. The minimum atomic E-state index is -0.362. The molecule has 1 aromatic heterocycles. The van der Waals surface area contributed by atoms with E-state index in [1.165, 1.54) is 21.4 Å². The Bertz CT molecular complexity index is 1020. The molecule has 1 saturated heterocycles. The van der Waals surface area contributed by atoms with Gasteiger partial charge < -0.3 is 9.80 Å². The Morgan fingerprint density at radius 1 is 1.33 bits per heavy atom. The van der Waals surface area contributed by atoms with Crippen molar-refractivity contribution in [1.82, 2.24) is 13.8 Å². The molecule has 160 valence electrons. The van der Waals surface area contributed by atoms with Crippen molar-refractivity contribution < 1.29 is 9.18 Å². The smallest absolute Gasteiger partial charge is 0.222 e. The maximum absolute atomic E-state index is 15.0. The van der Waals surface area contributed by atoms with Gasteiger partial charge in [0.1, 0.15) is 23.2 Å². The monoisotopic (exact) mass is 540 g/mol. The van der Waals surface area contributed by atoms with E-state index < -0.39 is 0 Å². The molecule has 0 N–H and O–H groups in total. The molecule has 2 heterocycles. The van der Waals surface area contributed by atoms with Gasteiger partial charge in [-0.3, -0.25) is 8.77 Å². The third-order valence-corrected chi connectivity index (χ3v) is 7.34. The van der Waals surface area contributed by atoms with Crippen LogP contribution in [0.3, 0.4) is 0 Å². The van der Waals surface area contributed by atoms with E-state index in [0.717, 1.165) is 37.0 Å². The van der Waals surface area contributed by atoms with Crippen LogP contribution >= 0.6 is 30.3 Å². The lowest BCUT2D eigenvalue weighted by atomic mass is 9.88. The van der Waals surface area contributed by atoms with Gasteiger partial charge in [-0.1, -0.05) is 0 Å². The Hall–Kier alpha value is -1.57. The Kier molecular flexibility index (Phi) is 7.47. The molecule has 1 aliphatic heterocycles. The second-order valence-corrected chi connectivity index (χ2v) is 9.86. The normalized spacial score (nSPS) is 16.3. The first-order valence-corrected chi connectivity index (χ1v) is 13.3. The average Bonchev–Trinajstić information content (AvgIpc) is 3.07. The van der Waals surface area contributed by atoms with Crippen molar-refractivity contribution in [3.05, 3.63) is 47.0 Å². The molecule has 2 aromatic rings. The fraction of sp³-hybridized carbons (Fsp3) is 0.455. The molecule has 0 spiro atoms. The number of nitriles is 1. The van der Waals surface area contributed by atoms with Gasteiger partial charge in [-0.05, 0) is 69.5 Å². The summed E-state index contributed by atoms with van der Waals surface area (Å²) < 4.78 is 16.8. The molecular formula is C22H26FIN4OS. The molecule has 0 unspecified atom stereocenters. The molecule has 0 radical (unpaired) electrons. The van der Waals surface area contributed by atoms with E-state index in [9.17, 15) is 10.1 Å². The lowest BCUT2D eigenvalue weighted by molar-refractivity contribution is 0.103. The molecule has 1 aliphatic rings. The number of benzene rings is 1. The predicted octanol–water partition coefficient (Wildman–Crippen LogP) is 5.37. The van der Waals surface area contributed by atoms with Crippen LogP contribution in [0.25, 0.3) is 10.9 Å². The Morgan fingerprint density at radius 3 is 2.53 bits per heavy atom. The quantitative estimate of drug-likeness (QED) is 0.214. The van der Waals surface area contributed by atoms with Crippen molar-refractivity contribution in [3.63, 3.8) is 0 Å². The molecule has 3 rings (SSSR count). The standard InChI is InChI=1S/C22H26FIN4OS/c1-14(2)27-7-5-15(6-8-27)18-11-20-16(9-19(18)23)10-21(28(20)30-24)22(29)17(12-25)13-26(3)4/h9-11,13-15H,5-8H2,1-4H3/b17-13+. The summed E-state index contributed by atoms with van der Waals surface area (Å²) >= 11 is 2.12. The van der Waals surface area contributed by atoms with Crippen molar-refractivity contribution in [1.29, 1.82) is 5.26 Å². The highest BCUT2D eigenvalue weighted by atomic mass is 127. The number of piperidine rings is 1. The molecule has 1 fully saturated rings. The number of rotatable bonds is 6. The van der Waals surface area contributed by atoms with Gasteiger partial charge in [-0.25, -0.2) is 4.39 Å². The molecule has 0 bridgehead atoms. The summed E-state index contributed by atoms with van der Waals surface area (Å²) in [6.45, 7) is 6.31. The maximum Gasteiger partial charge on any atom is 0.222 e. The van der Waals surface area contributed by atoms with Crippen molar-refractivity contribution in [3.8, 4) is 6.07 Å². The van der Waals surface area contributed by atoms with E-state index in [-0.39, 0.29) is 23.1 Å². The summed E-state index contributed by atoms with van der Waals surface area (Å²) in [6, 6.07) is 7.59. The second-order valence-electron chi connectivity index (χ2n) is 8.18. The van der Waals surface area contributed by atoms with Crippen LogP contribution in [0.1, 0.15) is 48.7 Å². The number of Topliss-reactive ketones (excluding diaryl/α,β-unsaturated/α-hetero) is 1. The summed E-state index contributed by atoms with van der Waals surface area (Å²) in [5, 5.41) is 10.1. The number of nitrogens with zero attached hydrogens (tertiary/aromatic N) is 4. The lowest BCUT2D eigenvalue weighted by Crippen LogP contribution is -2.38. The lowest BCUT2D eigenvalue weighted by Gasteiger charge is -2.34. The van der Waals surface area contributed by atoms with Crippen molar-refractivity contribution in [2.45, 2.75) is 38.6 Å². The van der Waals surface area contributed by atoms with Crippen LogP contribution in [0, 0.1) is 17.1 Å². The van der Waals surface area contributed by atoms with Gasteiger partial charge in [0.25, 0.3) is 0 Å². The van der Waals surface area contributed by atoms with E-state index in [1.807, 2.05) is 12.1 Å². The van der Waals surface area contributed by atoms with Crippen LogP contribution in [-0.2, 0) is 0 Å². The molecule has 0 amide bonds. The van der Waals surface area contributed by atoms with Gasteiger partial charge >= 0.3 is 0 Å². The van der Waals surface area contributed by atoms with Gasteiger partial charge in [-0.15, -0.1) is 0 Å². The fourth-order valence-corrected chi connectivity index (χ4v) is 5.74. The van der Waals surface area contributed by atoms with Gasteiger partial charge in [0.2, 0.25) is 5.78 Å². The highest BCUT2D eigenvalue weighted by molar-refractivity contribution is 14.2. The van der Waals surface area contributed by atoms with Gasteiger partial charge in [0, 0.05) is 62.0 Å². The number of halogens is 2. The highest BCUT2D eigenvalue weighted by Gasteiger charge is 2.26. The average molecular weight is 540 g/mol. The topological polar surface area (TPSA) is 52.3 Å². The van der Waals surface area contributed by atoms with E-state index in [1.54, 1.807) is 29.0 Å². The van der Waals surface area contributed by atoms with Crippen LogP contribution in [0.15, 0.2) is 30.0 Å². The first-order valence-electron chi connectivity index (χ1n) is 9.97. The minimum absolute atomic E-state index is 0.0521. The fourth-order valence-electron chi connectivity index (χ4n) is 4.03. The molecule has 0 saturated carbocycles. The number of allylic oxidation sites excluding steroid dienone is 1. The van der Waals surface area contributed by atoms with Crippen LogP contribution < -0.4 is 0 Å². The van der Waals surface area contributed by atoms with Crippen LogP contribution in [-0.4, -0.2) is 52.8 Å². The van der Waals surface area contributed by atoms with E-state index in [2.05, 4.69) is 40.0 Å². The zero-order chi connectivity index (χ0) is 22.0. The van der Waals surface area contributed by atoms with Crippen molar-refractivity contribution >= 4 is 47.0 Å². The molecule has 1 aromatic carbocycles. The number of carbonyl (C=O) groups excluding carboxylic acids is 1. The second kappa shape index (κ2) is 9.71. The summed E-state index contributed by atoms with van der Waals surface area (Å²) in [5.74, 6) is -0.405. The van der Waals surface area contributed by atoms with Crippen LogP contribution in [0.5, 0.6) is 0 Å². The summed E-state index contributed by atoms with van der Waals surface area (Å²) in [5.41, 5.74) is 1.96. The van der Waals surface area contributed by atoms with Crippen LogP contribution in [0.4, 0.5) is 4.39 Å². The first-order chi connectivity index (χ1) is 14.3. The minimum Gasteiger partial charge on any atom is -0.382 e. The van der Waals surface area contributed by atoms with Crippen molar-refractivity contribution in [2.24, 2.45) is 0 Å². The Labute approximate surface area is 193 Å². The number of aromatic nitrogens is 1. The molecule has 30 heavy (non-hydrogen) atoms. The van der Waals surface area contributed by atoms with Crippen LogP contribution in [0.2, 0.25) is 0 Å². The molecule has 5 nitrogen and oxygen atoms in total. The van der Waals surface area contributed by atoms with E-state index in [4.69, 9.17) is 0 Å². The number of fused-ring (bicyclic) bond motifs is 1. The Balaban J connectivity index is 2.01. The van der Waals surface area contributed by atoms with Gasteiger partial charge in [-0.2, -0.15) is 5.26 Å². The maximum atomic E-state index is 15.0. The number of hydrogen-bond donors (Lipinski definition) is 0. The summed E-state index contributed by atoms with van der Waals surface area (Å²) in [6.07, 6.45) is 3.36. The zero-order valence-corrected chi connectivity index (χ0v) is 20.6. The van der Waals surface area contributed by atoms with Gasteiger partial charge in [0.15, 0.2) is 0 Å². The first kappa shape index (κ1) is 23.1. The number of carbonyl (C=O) groups is 1. The molecule has 0 atom stereocenters. The summed E-state index contributed by atoms with van der Waals surface area (Å²) in [4.78, 5) is 17.1. The largest absolute Gasteiger partial charge is 0.382 e. The Morgan fingerprint density at radius 2 is 2.00 bits per heavy atom. The number of ketones is 1. The van der Waals surface area contributed by atoms with E-state index in [0.29, 0.717) is 17.1 Å². The zero-order valence-electron chi connectivity index (χ0n) is 17.7. The molecule has 0 aliphatic carbocycles. The van der Waals surface area contributed by atoms with Crippen molar-refractivity contribution in [2.75, 3.05) is 27.2 Å². The third-order valence-electron chi connectivity index (χ3n) is 5.63. The SMILES string of the molecule is CC(C)N1CCC(c2cc3c(cc2F)cc(C(=O)/C(C#N)=C/N(C)C)n3SI)CC1.